The molecule has 0 bridgehead atoms. The van der Waals surface area contributed by atoms with Gasteiger partial charge in [0.2, 0.25) is 15.9 Å². The summed E-state index contributed by atoms with van der Waals surface area (Å²) in [6.45, 7) is 1.35. The zero-order valence-corrected chi connectivity index (χ0v) is 21.3. The van der Waals surface area contributed by atoms with Gasteiger partial charge in [-0.15, -0.1) is 0 Å². The summed E-state index contributed by atoms with van der Waals surface area (Å²) in [5.74, 6) is -1.24. The molecule has 0 aliphatic carbocycles. The molecule has 5 rings (SSSR count). The minimum absolute atomic E-state index is 0.0667. The molecule has 186 valence electrons. The average molecular weight is 538 g/mol. The lowest BCUT2D eigenvalue weighted by atomic mass is 9.96. The summed E-state index contributed by atoms with van der Waals surface area (Å²) in [5.41, 5.74) is 0.658. The van der Waals surface area contributed by atoms with E-state index in [0.717, 1.165) is 23.6 Å². The Hall–Kier alpha value is -2.11. The highest BCUT2D eigenvalue weighted by Gasteiger charge is 2.37. The summed E-state index contributed by atoms with van der Waals surface area (Å²) in [5, 5.41) is 1.09. The van der Waals surface area contributed by atoms with Gasteiger partial charge >= 0.3 is 0 Å². The smallest absolute Gasteiger partial charge is 0.245 e. The third-order valence-corrected chi connectivity index (χ3v) is 9.80. The van der Waals surface area contributed by atoms with E-state index in [1.807, 2.05) is 12.1 Å². The number of amides is 1. The van der Waals surface area contributed by atoms with Crippen LogP contribution in [-0.4, -0.2) is 56.0 Å². The number of carbonyl (C=O) groups is 1. The van der Waals surface area contributed by atoms with E-state index >= 15 is 0 Å². The minimum atomic E-state index is -3.97. The molecule has 3 heterocycles. The van der Waals surface area contributed by atoms with Crippen LogP contribution in [-0.2, 0) is 19.6 Å². The van der Waals surface area contributed by atoms with Crippen molar-refractivity contribution in [1.29, 1.82) is 0 Å². The normalized spacial score (nSPS) is 19.9. The second kappa shape index (κ2) is 10.1. The molecule has 1 amide bonds. The summed E-state index contributed by atoms with van der Waals surface area (Å²) >= 11 is 7.73. The first-order chi connectivity index (χ1) is 16.8. The maximum atomic E-state index is 14.2. The summed E-state index contributed by atoms with van der Waals surface area (Å²) in [6.07, 6.45) is 2.45. The van der Waals surface area contributed by atoms with Gasteiger partial charge in [0.25, 0.3) is 0 Å². The van der Waals surface area contributed by atoms with Crippen molar-refractivity contribution in [3.8, 4) is 0 Å². The molecule has 0 spiro atoms. The van der Waals surface area contributed by atoms with Gasteiger partial charge < -0.3 is 4.74 Å². The topological polar surface area (TPSA) is 79.8 Å². The van der Waals surface area contributed by atoms with Crippen molar-refractivity contribution < 1.29 is 22.3 Å². The fourth-order valence-corrected chi connectivity index (χ4v) is 7.44. The molecule has 2 aliphatic heterocycles. The van der Waals surface area contributed by atoms with E-state index in [4.69, 9.17) is 16.3 Å². The van der Waals surface area contributed by atoms with Crippen LogP contribution in [0.3, 0.4) is 0 Å². The quantitative estimate of drug-likeness (QED) is 0.455. The lowest BCUT2D eigenvalue weighted by molar-refractivity contribution is -0.123. The van der Waals surface area contributed by atoms with E-state index in [-0.39, 0.29) is 35.9 Å². The number of para-hydroxylation sites is 1. The number of sulfonamides is 1. The van der Waals surface area contributed by atoms with Crippen LogP contribution < -0.4 is 4.90 Å². The van der Waals surface area contributed by atoms with Crippen LogP contribution in [0.15, 0.2) is 47.4 Å². The van der Waals surface area contributed by atoms with E-state index in [1.54, 1.807) is 11.0 Å². The van der Waals surface area contributed by atoms with Gasteiger partial charge in [-0.25, -0.2) is 17.8 Å². The summed E-state index contributed by atoms with van der Waals surface area (Å²) < 4.78 is 48.0. The molecule has 0 saturated carbocycles. The Kier molecular flexibility index (Phi) is 7.09. The SMILES string of the molecule is O=C(C1CCN(S(=O)(=O)c2ccccc2F)CC1)N(CC1CCCO1)c1nc2c(Cl)cccc2s1. The number of fused-ring (bicyclic) bond motifs is 1. The van der Waals surface area contributed by atoms with Crippen molar-refractivity contribution in [3.63, 3.8) is 0 Å². The van der Waals surface area contributed by atoms with Crippen LogP contribution in [0.4, 0.5) is 9.52 Å². The largest absolute Gasteiger partial charge is 0.376 e. The molecule has 2 saturated heterocycles. The number of hydrogen-bond donors (Lipinski definition) is 0. The lowest BCUT2D eigenvalue weighted by Gasteiger charge is -2.33. The van der Waals surface area contributed by atoms with Gasteiger partial charge in [0.1, 0.15) is 16.2 Å². The van der Waals surface area contributed by atoms with Crippen molar-refractivity contribution in [1.82, 2.24) is 9.29 Å². The highest BCUT2D eigenvalue weighted by molar-refractivity contribution is 7.89. The molecular weight excluding hydrogens is 513 g/mol. The summed E-state index contributed by atoms with van der Waals surface area (Å²) in [4.78, 5) is 19.7. The minimum Gasteiger partial charge on any atom is -0.376 e. The van der Waals surface area contributed by atoms with E-state index < -0.39 is 15.8 Å². The number of thiazole rings is 1. The molecule has 1 unspecified atom stereocenters. The Balaban J connectivity index is 1.35. The van der Waals surface area contributed by atoms with Crippen molar-refractivity contribution >= 4 is 54.2 Å². The third kappa shape index (κ3) is 4.95. The van der Waals surface area contributed by atoms with Gasteiger partial charge in [0.05, 0.1) is 22.4 Å². The average Bonchev–Trinajstić information content (AvgIpc) is 3.53. The molecule has 11 heteroatoms. The molecular formula is C24H25ClFN3O4S2. The number of nitrogens with zero attached hydrogens (tertiary/aromatic N) is 3. The van der Waals surface area contributed by atoms with Crippen LogP contribution in [0.25, 0.3) is 10.2 Å². The van der Waals surface area contributed by atoms with Crippen LogP contribution in [0.5, 0.6) is 0 Å². The predicted octanol–water partition coefficient (Wildman–Crippen LogP) is 4.70. The number of benzene rings is 2. The first kappa shape index (κ1) is 24.6. The first-order valence-electron chi connectivity index (χ1n) is 11.6. The van der Waals surface area contributed by atoms with Crippen LogP contribution in [0.2, 0.25) is 5.02 Å². The number of carbonyl (C=O) groups excluding carboxylic acids is 1. The van der Waals surface area contributed by atoms with Crippen LogP contribution in [0.1, 0.15) is 25.7 Å². The molecule has 2 aliphatic rings. The summed E-state index contributed by atoms with van der Waals surface area (Å²) in [7, 11) is -3.97. The molecule has 0 radical (unpaired) electrons. The van der Waals surface area contributed by atoms with Crippen molar-refractivity contribution in [2.45, 2.75) is 36.7 Å². The molecule has 0 N–H and O–H groups in total. The molecule has 3 aromatic rings. The van der Waals surface area contributed by atoms with Gasteiger partial charge in [0.15, 0.2) is 5.13 Å². The molecule has 1 aromatic heterocycles. The highest BCUT2D eigenvalue weighted by atomic mass is 35.5. The van der Waals surface area contributed by atoms with Gasteiger partial charge in [0, 0.05) is 25.6 Å². The van der Waals surface area contributed by atoms with Crippen LogP contribution >= 0.6 is 22.9 Å². The van der Waals surface area contributed by atoms with E-state index in [2.05, 4.69) is 4.98 Å². The van der Waals surface area contributed by atoms with Gasteiger partial charge in [-0.05, 0) is 49.9 Å². The maximum Gasteiger partial charge on any atom is 0.245 e. The van der Waals surface area contributed by atoms with Crippen LogP contribution in [0, 0.1) is 11.7 Å². The first-order valence-corrected chi connectivity index (χ1v) is 14.2. The lowest BCUT2D eigenvalue weighted by Crippen LogP contribution is -2.46. The molecule has 2 aromatic carbocycles. The number of halogens is 2. The fourth-order valence-electron chi connectivity index (χ4n) is 4.63. The monoisotopic (exact) mass is 537 g/mol. The third-order valence-electron chi connectivity index (χ3n) is 6.52. The van der Waals surface area contributed by atoms with Crippen molar-refractivity contribution in [3.05, 3.63) is 53.3 Å². The molecule has 2 fully saturated rings. The van der Waals surface area contributed by atoms with Gasteiger partial charge in [-0.3, -0.25) is 9.69 Å². The Morgan fingerprint density at radius 2 is 1.94 bits per heavy atom. The number of rotatable bonds is 6. The number of ether oxygens (including phenoxy) is 1. The van der Waals surface area contributed by atoms with Crippen molar-refractivity contribution in [2.24, 2.45) is 5.92 Å². The Morgan fingerprint density at radius 3 is 2.63 bits per heavy atom. The van der Waals surface area contributed by atoms with Gasteiger partial charge in [-0.2, -0.15) is 4.31 Å². The number of piperidine rings is 1. The molecule has 35 heavy (non-hydrogen) atoms. The number of hydrogen-bond acceptors (Lipinski definition) is 6. The van der Waals surface area contributed by atoms with E-state index in [9.17, 15) is 17.6 Å². The Bertz CT molecular complexity index is 1340. The molecule has 1 atom stereocenters. The number of aromatic nitrogens is 1. The van der Waals surface area contributed by atoms with Crippen molar-refractivity contribution in [2.75, 3.05) is 31.1 Å². The zero-order valence-electron chi connectivity index (χ0n) is 18.9. The second-order valence-corrected chi connectivity index (χ2v) is 12.1. The second-order valence-electron chi connectivity index (χ2n) is 8.78. The van der Waals surface area contributed by atoms with Gasteiger partial charge in [-0.1, -0.05) is 41.1 Å². The molecule has 7 nitrogen and oxygen atoms in total. The standard InChI is InChI=1S/C24H25ClFN3O4S2/c25-18-6-3-8-20-22(18)27-24(34-20)29(15-17-5-4-14-33-17)23(30)16-10-12-28(13-11-16)35(31,32)21-9-2-1-7-19(21)26/h1-3,6-9,16-17H,4-5,10-15H2. The Morgan fingerprint density at radius 1 is 1.17 bits per heavy atom. The summed E-state index contributed by atoms with van der Waals surface area (Å²) in [6, 6.07) is 10.9. The zero-order chi connectivity index (χ0) is 24.6. The van der Waals surface area contributed by atoms with E-state index in [0.29, 0.717) is 41.7 Å². The fraction of sp³-hybridized carbons (Fsp3) is 0.417. The highest BCUT2D eigenvalue weighted by Crippen LogP contribution is 2.35. The maximum absolute atomic E-state index is 14.2. The number of anilines is 1. The Labute approximate surface area is 212 Å². The predicted molar refractivity (Wildman–Crippen MR) is 134 cm³/mol. The van der Waals surface area contributed by atoms with E-state index in [1.165, 1.54) is 33.8 Å².